The SMILES string of the molecule is C[C@@H]1C[C@H](O)C[C@@H]2[C@@H](OCc3ccccc3)[C@H](OCc3ccccc3)[C@@H](COCc3ccccc3)N12. The van der Waals surface area contributed by atoms with Crippen LogP contribution in [0.3, 0.4) is 0 Å². The minimum atomic E-state index is -0.331. The molecule has 0 aliphatic carbocycles. The number of piperidine rings is 1. The molecule has 2 fully saturated rings. The zero-order chi connectivity index (χ0) is 24.7. The largest absolute Gasteiger partial charge is 0.393 e. The zero-order valence-corrected chi connectivity index (χ0v) is 21.0. The van der Waals surface area contributed by atoms with Crippen LogP contribution in [0.25, 0.3) is 0 Å². The molecule has 5 rings (SSSR count). The van der Waals surface area contributed by atoms with Gasteiger partial charge in [0.25, 0.3) is 0 Å². The standard InChI is InChI=1S/C31H37NO4/c1-23-17-27(33)18-28-30(35-20-25-13-7-3-8-14-25)31(36-21-26-15-9-4-10-16-26)29(32(23)28)22-34-19-24-11-5-2-6-12-24/h2-16,23,27-31,33H,17-22H2,1H3/t23-,27+,28-,29-,30-,31-/m1/s1. The predicted octanol–water partition coefficient (Wildman–Crippen LogP) is 4.97. The van der Waals surface area contributed by atoms with Gasteiger partial charge in [-0.15, -0.1) is 0 Å². The fraction of sp³-hybridized carbons (Fsp3) is 0.419. The van der Waals surface area contributed by atoms with Crippen molar-refractivity contribution in [3.8, 4) is 0 Å². The lowest BCUT2D eigenvalue weighted by atomic mass is 9.93. The van der Waals surface area contributed by atoms with Crippen molar-refractivity contribution in [2.45, 2.75) is 76.0 Å². The van der Waals surface area contributed by atoms with E-state index in [0.717, 1.165) is 23.1 Å². The Labute approximate surface area is 214 Å². The van der Waals surface area contributed by atoms with Crippen molar-refractivity contribution in [2.24, 2.45) is 0 Å². The summed E-state index contributed by atoms with van der Waals surface area (Å²) in [4.78, 5) is 2.50. The van der Waals surface area contributed by atoms with E-state index in [-0.39, 0.29) is 36.4 Å². The maximum Gasteiger partial charge on any atom is 0.103 e. The van der Waals surface area contributed by atoms with Gasteiger partial charge in [-0.1, -0.05) is 91.0 Å². The molecule has 0 spiro atoms. The van der Waals surface area contributed by atoms with Crippen LogP contribution in [0.1, 0.15) is 36.5 Å². The Hall–Kier alpha value is -2.54. The lowest BCUT2D eigenvalue weighted by molar-refractivity contribution is -0.0881. The molecule has 2 aliphatic heterocycles. The summed E-state index contributed by atoms with van der Waals surface area (Å²) >= 11 is 0. The van der Waals surface area contributed by atoms with Crippen molar-refractivity contribution < 1.29 is 19.3 Å². The number of rotatable bonds is 10. The van der Waals surface area contributed by atoms with Gasteiger partial charge < -0.3 is 19.3 Å². The Bertz CT molecular complexity index is 1050. The number of hydrogen-bond donors (Lipinski definition) is 1. The molecule has 0 saturated carbocycles. The molecule has 5 nitrogen and oxygen atoms in total. The van der Waals surface area contributed by atoms with E-state index < -0.39 is 0 Å². The third-order valence-electron chi connectivity index (χ3n) is 7.45. The molecule has 5 heteroatoms. The summed E-state index contributed by atoms with van der Waals surface area (Å²) in [6.07, 6.45) is 0.786. The number of ether oxygens (including phenoxy) is 3. The Morgan fingerprint density at radius 2 is 1.19 bits per heavy atom. The molecule has 0 radical (unpaired) electrons. The van der Waals surface area contributed by atoms with Crippen molar-refractivity contribution in [3.05, 3.63) is 108 Å². The molecular weight excluding hydrogens is 450 g/mol. The van der Waals surface area contributed by atoms with Gasteiger partial charge in [0, 0.05) is 12.1 Å². The molecular formula is C31H37NO4. The Kier molecular flexibility index (Phi) is 8.47. The second-order valence-corrected chi connectivity index (χ2v) is 10.1. The molecule has 0 bridgehead atoms. The first-order valence-electron chi connectivity index (χ1n) is 13.1. The van der Waals surface area contributed by atoms with Crippen LogP contribution >= 0.6 is 0 Å². The molecule has 3 aromatic rings. The van der Waals surface area contributed by atoms with E-state index in [4.69, 9.17) is 14.2 Å². The molecule has 0 aromatic heterocycles. The molecule has 190 valence electrons. The van der Waals surface area contributed by atoms with Crippen molar-refractivity contribution in [3.63, 3.8) is 0 Å². The average molecular weight is 488 g/mol. The van der Waals surface area contributed by atoms with Crippen LogP contribution in [0.2, 0.25) is 0 Å². The zero-order valence-electron chi connectivity index (χ0n) is 21.0. The molecule has 36 heavy (non-hydrogen) atoms. The van der Waals surface area contributed by atoms with E-state index in [0.29, 0.717) is 32.8 Å². The highest BCUT2D eigenvalue weighted by atomic mass is 16.5. The van der Waals surface area contributed by atoms with Gasteiger partial charge in [-0.3, -0.25) is 4.90 Å². The molecule has 2 aliphatic rings. The van der Waals surface area contributed by atoms with Crippen LogP contribution in [0.4, 0.5) is 0 Å². The van der Waals surface area contributed by atoms with Crippen molar-refractivity contribution in [1.29, 1.82) is 0 Å². The third-order valence-corrected chi connectivity index (χ3v) is 7.45. The van der Waals surface area contributed by atoms with Gasteiger partial charge in [0.15, 0.2) is 0 Å². The fourth-order valence-electron chi connectivity index (χ4n) is 5.82. The van der Waals surface area contributed by atoms with E-state index >= 15 is 0 Å². The summed E-state index contributed by atoms with van der Waals surface area (Å²) in [5, 5.41) is 10.7. The van der Waals surface area contributed by atoms with Crippen LogP contribution in [-0.2, 0) is 34.0 Å². The highest BCUT2D eigenvalue weighted by Gasteiger charge is 2.54. The highest BCUT2D eigenvalue weighted by molar-refractivity contribution is 5.16. The number of benzene rings is 3. The number of aliphatic hydroxyl groups is 1. The Balaban J connectivity index is 1.37. The monoisotopic (exact) mass is 487 g/mol. The van der Waals surface area contributed by atoms with Gasteiger partial charge in [0.05, 0.1) is 38.6 Å². The number of hydrogen-bond acceptors (Lipinski definition) is 5. The number of nitrogens with zero attached hydrogens (tertiary/aromatic N) is 1. The van der Waals surface area contributed by atoms with Gasteiger partial charge in [-0.05, 0) is 36.5 Å². The third kappa shape index (κ3) is 6.05. The molecule has 1 N–H and O–H groups in total. The summed E-state index contributed by atoms with van der Waals surface area (Å²) in [7, 11) is 0. The summed E-state index contributed by atoms with van der Waals surface area (Å²) in [5.41, 5.74) is 3.44. The number of fused-ring (bicyclic) bond motifs is 1. The second kappa shape index (κ2) is 12.1. The summed E-state index contributed by atoms with van der Waals surface area (Å²) in [6, 6.07) is 31.2. The van der Waals surface area contributed by atoms with Crippen LogP contribution in [-0.4, -0.2) is 53.1 Å². The molecule has 0 unspecified atom stereocenters. The average Bonchev–Trinajstić information content (AvgIpc) is 3.20. The molecule has 0 amide bonds. The molecule has 2 saturated heterocycles. The van der Waals surface area contributed by atoms with Gasteiger partial charge >= 0.3 is 0 Å². The normalized spacial score (nSPS) is 28.2. The quantitative estimate of drug-likeness (QED) is 0.438. The number of aliphatic hydroxyl groups excluding tert-OH is 1. The van der Waals surface area contributed by atoms with Crippen LogP contribution in [0.5, 0.6) is 0 Å². The van der Waals surface area contributed by atoms with Crippen LogP contribution in [0, 0.1) is 0 Å². The van der Waals surface area contributed by atoms with Gasteiger partial charge in [-0.2, -0.15) is 0 Å². The summed E-state index contributed by atoms with van der Waals surface area (Å²) in [5.74, 6) is 0. The molecule has 2 heterocycles. The first kappa shape index (κ1) is 25.1. The Morgan fingerprint density at radius 3 is 1.75 bits per heavy atom. The minimum absolute atomic E-state index is 0.0469. The van der Waals surface area contributed by atoms with E-state index in [2.05, 4.69) is 48.2 Å². The van der Waals surface area contributed by atoms with Crippen molar-refractivity contribution in [2.75, 3.05) is 6.61 Å². The molecule has 3 aromatic carbocycles. The lowest BCUT2D eigenvalue weighted by Crippen LogP contribution is -2.53. The topological polar surface area (TPSA) is 51.2 Å². The maximum absolute atomic E-state index is 10.7. The molecule has 6 atom stereocenters. The van der Waals surface area contributed by atoms with Crippen LogP contribution < -0.4 is 0 Å². The summed E-state index contributed by atoms with van der Waals surface area (Å²) in [6.45, 7) is 4.35. The van der Waals surface area contributed by atoms with E-state index in [9.17, 15) is 5.11 Å². The van der Waals surface area contributed by atoms with E-state index in [1.54, 1.807) is 0 Å². The van der Waals surface area contributed by atoms with Gasteiger partial charge in [0.1, 0.15) is 12.2 Å². The lowest BCUT2D eigenvalue weighted by Gasteiger charge is -2.42. The smallest absolute Gasteiger partial charge is 0.103 e. The fourth-order valence-corrected chi connectivity index (χ4v) is 5.82. The first-order valence-corrected chi connectivity index (χ1v) is 13.1. The van der Waals surface area contributed by atoms with E-state index in [1.807, 2.05) is 54.6 Å². The van der Waals surface area contributed by atoms with E-state index in [1.165, 1.54) is 0 Å². The second-order valence-electron chi connectivity index (χ2n) is 10.1. The van der Waals surface area contributed by atoms with Crippen molar-refractivity contribution in [1.82, 2.24) is 4.90 Å². The predicted molar refractivity (Wildman–Crippen MR) is 140 cm³/mol. The first-order chi connectivity index (χ1) is 17.7. The van der Waals surface area contributed by atoms with Gasteiger partial charge in [0.2, 0.25) is 0 Å². The highest BCUT2D eigenvalue weighted by Crippen LogP contribution is 2.39. The minimum Gasteiger partial charge on any atom is -0.393 e. The maximum atomic E-state index is 10.7. The van der Waals surface area contributed by atoms with Crippen LogP contribution in [0.15, 0.2) is 91.0 Å². The van der Waals surface area contributed by atoms with Crippen molar-refractivity contribution >= 4 is 0 Å². The summed E-state index contributed by atoms with van der Waals surface area (Å²) < 4.78 is 19.6. The Morgan fingerprint density at radius 1 is 0.694 bits per heavy atom. The van der Waals surface area contributed by atoms with Gasteiger partial charge in [-0.25, -0.2) is 0 Å².